The molecule has 24 heavy (non-hydrogen) atoms. The number of hydrogen-bond donors (Lipinski definition) is 0. The van der Waals surface area contributed by atoms with Gasteiger partial charge in [0.15, 0.2) is 0 Å². The highest BCUT2D eigenvalue weighted by molar-refractivity contribution is 5.88. The van der Waals surface area contributed by atoms with Crippen LogP contribution in [0.4, 0.5) is 0 Å². The van der Waals surface area contributed by atoms with Crippen LogP contribution in [-0.2, 0) is 0 Å². The molecule has 1 aromatic rings. The number of aliphatic imine (C=N–C) groups is 1. The molecule has 3 heteroatoms. The van der Waals surface area contributed by atoms with Gasteiger partial charge in [0.2, 0.25) is 0 Å². The average Bonchev–Trinajstić information content (AvgIpc) is 2.92. The third-order valence-corrected chi connectivity index (χ3v) is 5.17. The van der Waals surface area contributed by atoms with Gasteiger partial charge in [-0.3, -0.25) is 0 Å². The smallest absolute Gasteiger partial charge is 0.102 e. The van der Waals surface area contributed by atoms with Crippen LogP contribution in [0.15, 0.2) is 47.1 Å². The van der Waals surface area contributed by atoms with Crippen molar-refractivity contribution in [3.8, 4) is 0 Å². The van der Waals surface area contributed by atoms with Gasteiger partial charge >= 0.3 is 0 Å². The summed E-state index contributed by atoms with van der Waals surface area (Å²) in [7, 11) is 2.12. The molecule has 0 aromatic heterocycles. The highest BCUT2D eigenvalue weighted by Gasteiger charge is 2.22. The fraction of sp³-hybridized carbons (Fsp3) is 0.476. The zero-order valence-electron chi connectivity index (χ0n) is 15.3. The van der Waals surface area contributed by atoms with Crippen molar-refractivity contribution in [3.63, 3.8) is 0 Å². The van der Waals surface area contributed by atoms with E-state index in [2.05, 4.69) is 61.5 Å². The quantitative estimate of drug-likeness (QED) is 0.591. The lowest BCUT2D eigenvalue weighted by Gasteiger charge is -2.28. The van der Waals surface area contributed by atoms with E-state index in [4.69, 9.17) is 4.99 Å². The number of hydrogen-bond acceptors (Lipinski definition) is 2. The Morgan fingerprint density at radius 2 is 1.88 bits per heavy atom. The number of nitrogens with zero attached hydrogens (tertiary/aromatic N) is 3. The standard InChI is InChI=1S/C21H29N3/c1-16-9-8-10-19(15-16)21(20-11-14-23(4)17(20)2)22-18(3)24-12-6-5-7-13-24/h8-10,15H,2,5-7,11-14H2,1,3-4H3/b21-20-,22-18?. The lowest BCUT2D eigenvalue weighted by Crippen LogP contribution is -2.34. The Morgan fingerprint density at radius 3 is 2.50 bits per heavy atom. The van der Waals surface area contributed by atoms with Crippen LogP contribution in [0, 0.1) is 6.92 Å². The molecular formula is C21H29N3. The van der Waals surface area contributed by atoms with Crippen LogP contribution < -0.4 is 0 Å². The van der Waals surface area contributed by atoms with Crippen molar-refractivity contribution < 1.29 is 0 Å². The summed E-state index contributed by atoms with van der Waals surface area (Å²) in [5.74, 6) is 1.14. The van der Waals surface area contributed by atoms with Crippen molar-refractivity contribution in [2.45, 2.75) is 39.5 Å². The van der Waals surface area contributed by atoms with E-state index in [1.54, 1.807) is 0 Å². The monoisotopic (exact) mass is 323 g/mol. The van der Waals surface area contributed by atoms with Crippen molar-refractivity contribution >= 4 is 11.5 Å². The van der Waals surface area contributed by atoms with Gasteiger partial charge in [-0.25, -0.2) is 4.99 Å². The van der Waals surface area contributed by atoms with Crippen LogP contribution in [-0.4, -0.2) is 42.3 Å². The lowest BCUT2D eigenvalue weighted by atomic mass is 10.0. The highest BCUT2D eigenvalue weighted by Crippen LogP contribution is 2.33. The summed E-state index contributed by atoms with van der Waals surface area (Å²) in [5.41, 5.74) is 5.99. The molecule has 0 amide bonds. The number of likely N-dealkylation sites (N-methyl/N-ethyl adjacent to an activating group) is 1. The molecular weight excluding hydrogens is 294 g/mol. The first-order chi connectivity index (χ1) is 11.6. The predicted octanol–water partition coefficient (Wildman–Crippen LogP) is 4.46. The van der Waals surface area contributed by atoms with Gasteiger partial charge in [0.05, 0.1) is 5.70 Å². The second-order valence-electron chi connectivity index (χ2n) is 7.02. The van der Waals surface area contributed by atoms with Crippen LogP contribution in [0.5, 0.6) is 0 Å². The second-order valence-corrected chi connectivity index (χ2v) is 7.02. The Bertz CT molecular complexity index is 678. The van der Waals surface area contributed by atoms with E-state index >= 15 is 0 Å². The minimum absolute atomic E-state index is 1.02. The maximum absolute atomic E-state index is 5.11. The normalized spacial score (nSPS) is 21.5. The molecule has 2 aliphatic rings. The van der Waals surface area contributed by atoms with Crippen molar-refractivity contribution in [3.05, 3.63) is 53.2 Å². The zero-order valence-corrected chi connectivity index (χ0v) is 15.3. The number of allylic oxidation sites excluding steroid dienone is 1. The minimum atomic E-state index is 1.02. The molecule has 128 valence electrons. The molecule has 3 rings (SSSR count). The van der Waals surface area contributed by atoms with Crippen molar-refractivity contribution in [1.82, 2.24) is 9.80 Å². The number of aryl methyl sites for hydroxylation is 1. The maximum atomic E-state index is 5.11. The summed E-state index contributed by atoms with van der Waals surface area (Å²) in [6.07, 6.45) is 4.92. The van der Waals surface area contributed by atoms with Gasteiger partial charge in [-0.05, 0) is 45.6 Å². The summed E-state index contributed by atoms with van der Waals surface area (Å²) >= 11 is 0. The molecule has 0 saturated carbocycles. The topological polar surface area (TPSA) is 18.8 Å². The molecule has 2 aliphatic heterocycles. The summed E-state index contributed by atoms with van der Waals surface area (Å²) in [5, 5.41) is 0. The zero-order chi connectivity index (χ0) is 17.1. The number of benzene rings is 1. The minimum Gasteiger partial charge on any atom is -0.374 e. The van der Waals surface area contributed by atoms with Crippen LogP contribution in [0.2, 0.25) is 0 Å². The van der Waals surface area contributed by atoms with Gasteiger partial charge in [-0.2, -0.15) is 0 Å². The molecule has 2 heterocycles. The van der Waals surface area contributed by atoms with E-state index in [9.17, 15) is 0 Å². The summed E-state index contributed by atoms with van der Waals surface area (Å²) in [6.45, 7) is 11.9. The Labute approximate surface area is 146 Å². The van der Waals surface area contributed by atoms with Crippen LogP contribution >= 0.6 is 0 Å². The van der Waals surface area contributed by atoms with Gasteiger partial charge in [0, 0.05) is 43.5 Å². The Morgan fingerprint density at radius 1 is 1.12 bits per heavy atom. The van der Waals surface area contributed by atoms with E-state index < -0.39 is 0 Å². The molecule has 3 nitrogen and oxygen atoms in total. The first-order valence-electron chi connectivity index (χ1n) is 9.07. The lowest BCUT2D eigenvalue weighted by molar-refractivity contribution is 0.341. The van der Waals surface area contributed by atoms with E-state index in [1.165, 1.54) is 36.0 Å². The Balaban J connectivity index is 2.02. The first-order valence-corrected chi connectivity index (χ1v) is 9.07. The van der Waals surface area contributed by atoms with Crippen molar-refractivity contribution in [2.75, 3.05) is 26.7 Å². The van der Waals surface area contributed by atoms with Gasteiger partial charge in [-0.15, -0.1) is 0 Å². The molecule has 2 saturated heterocycles. The Hall–Kier alpha value is -2.03. The van der Waals surface area contributed by atoms with Crippen LogP contribution in [0.1, 0.15) is 43.7 Å². The number of amidine groups is 1. The molecule has 0 unspecified atom stereocenters. The van der Waals surface area contributed by atoms with Gasteiger partial charge in [0.1, 0.15) is 5.84 Å². The molecule has 0 bridgehead atoms. The molecule has 1 aromatic carbocycles. The predicted molar refractivity (Wildman–Crippen MR) is 103 cm³/mol. The first kappa shape index (κ1) is 16.8. The molecule has 0 spiro atoms. The van der Waals surface area contributed by atoms with Gasteiger partial charge in [0.25, 0.3) is 0 Å². The van der Waals surface area contributed by atoms with E-state index in [-0.39, 0.29) is 0 Å². The number of rotatable bonds is 2. The van der Waals surface area contributed by atoms with E-state index in [0.29, 0.717) is 0 Å². The molecule has 0 N–H and O–H groups in total. The largest absolute Gasteiger partial charge is 0.374 e. The highest BCUT2D eigenvalue weighted by atomic mass is 15.2. The molecule has 2 fully saturated rings. The summed E-state index contributed by atoms with van der Waals surface area (Å²) < 4.78 is 0. The van der Waals surface area contributed by atoms with Crippen LogP contribution in [0.25, 0.3) is 5.70 Å². The summed E-state index contributed by atoms with van der Waals surface area (Å²) in [4.78, 5) is 9.78. The van der Waals surface area contributed by atoms with Crippen LogP contribution in [0.3, 0.4) is 0 Å². The summed E-state index contributed by atoms with van der Waals surface area (Å²) in [6, 6.07) is 8.68. The SMILES string of the molecule is C=C1/C(=C(\N=C(C)N2CCCCC2)c2cccc(C)c2)CCN1C. The fourth-order valence-corrected chi connectivity index (χ4v) is 3.59. The average molecular weight is 323 g/mol. The molecule has 0 aliphatic carbocycles. The van der Waals surface area contributed by atoms with Gasteiger partial charge in [-0.1, -0.05) is 30.3 Å². The maximum Gasteiger partial charge on any atom is 0.102 e. The van der Waals surface area contributed by atoms with E-state index in [0.717, 1.165) is 43.3 Å². The van der Waals surface area contributed by atoms with E-state index in [1.807, 2.05) is 0 Å². The third kappa shape index (κ3) is 3.55. The number of piperidine rings is 1. The number of likely N-dealkylation sites (tertiary alicyclic amines) is 2. The fourth-order valence-electron chi connectivity index (χ4n) is 3.59. The van der Waals surface area contributed by atoms with Crippen molar-refractivity contribution in [1.29, 1.82) is 0 Å². The second kappa shape index (κ2) is 7.25. The molecule has 0 radical (unpaired) electrons. The Kier molecular flexibility index (Phi) is 5.08. The third-order valence-electron chi connectivity index (χ3n) is 5.17. The molecule has 0 atom stereocenters. The van der Waals surface area contributed by atoms with Gasteiger partial charge < -0.3 is 9.80 Å². The van der Waals surface area contributed by atoms with Crippen molar-refractivity contribution in [2.24, 2.45) is 4.99 Å².